The van der Waals surface area contributed by atoms with Crippen LogP contribution in [0.4, 0.5) is 10.1 Å². The van der Waals surface area contributed by atoms with Crippen molar-refractivity contribution in [1.82, 2.24) is 5.32 Å². The summed E-state index contributed by atoms with van der Waals surface area (Å²) in [7, 11) is -3.12. The molecule has 0 aliphatic carbocycles. The van der Waals surface area contributed by atoms with E-state index in [1.54, 1.807) is 6.07 Å². The number of para-hydroxylation sites is 1. The van der Waals surface area contributed by atoms with Crippen LogP contribution in [0.25, 0.3) is 0 Å². The molecule has 3 rings (SSSR count). The molecule has 1 N–H and O–H groups in total. The van der Waals surface area contributed by atoms with Crippen molar-refractivity contribution in [1.29, 1.82) is 0 Å². The van der Waals surface area contributed by atoms with Gasteiger partial charge in [0.05, 0.1) is 23.1 Å². The highest BCUT2D eigenvalue weighted by atomic mass is 32.2. The fraction of sp³-hybridized carbons (Fsp3) is 0.471. The van der Waals surface area contributed by atoms with Crippen molar-refractivity contribution in [3.8, 4) is 0 Å². The summed E-state index contributed by atoms with van der Waals surface area (Å²) >= 11 is 0. The largest absolute Gasteiger partial charge is 0.455 e. The molecule has 0 bridgehead atoms. The summed E-state index contributed by atoms with van der Waals surface area (Å²) in [5.41, 5.74) is 0.0954. The Labute approximate surface area is 155 Å². The monoisotopic (exact) mass is 398 g/mol. The minimum atomic E-state index is -3.12. The van der Waals surface area contributed by atoms with Crippen LogP contribution >= 0.6 is 0 Å². The molecule has 2 heterocycles. The van der Waals surface area contributed by atoms with Gasteiger partial charge in [-0.25, -0.2) is 12.8 Å². The van der Waals surface area contributed by atoms with Crippen LogP contribution in [-0.4, -0.2) is 56.9 Å². The Morgan fingerprint density at radius 2 is 2.04 bits per heavy atom. The lowest BCUT2D eigenvalue weighted by Crippen LogP contribution is -2.38. The molecule has 10 heteroatoms. The average Bonchev–Trinajstić information content (AvgIpc) is 3.15. The van der Waals surface area contributed by atoms with Crippen molar-refractivity contribution in [3.63, 3.8) is 0 Å². The summed E-state index contributed by atoms with van der Waals surface area (Å²) in [6, 6.07) is 5.28. The number of rotatable bonds is 5. The van der Waals surface area contributed by atoms with E-state index in [4.69, 9.17) is 4.74 Å². The van der Waals surface area contributed by atoms with Crippen LogP contribution in [0.1, 0.15) is 12.8 Å². The maximum atomic E-state index is 13.8. The molecule has 2 atom stereocenters. The number of ether oxygens (including phenoxy) is 1. The third-order valence-corrected chi connectivity index (χ3v) is 6.31. The number of carbonyl (C=O) groups is 3. The smallest absolute Gasteiger partial charge is 0.311 e. The Hall–Kier alpha value is -2.49. The van der Waals surface area contributed by atoms with Gasteiger partial charge in [-0.15, -0.1) is 0 Å². The van der Waals surface area contributed by atoms with E-state index in [-0.39, 0.29) is 30.2 Å². The van der Waals surface area contributed by atoms with Crippen molar-refractivity contribution >= 4 is 33.3 Å². The van der Waals surface area contributed by atoms with Crippen molar-refractivity contribution in [2.45, 2.75) is 18.9 Å². The Morgan fingerprint density at radius 3 is 2.70 bits per heavy atom. The number of nitrogens with one attached hydrogen (secondary N) is 1. The quantitative estimate of drug-likeness (QED) is 0.701. The van der Waals surface area contributed by atoms with E-state index in [1.165, 1.54) is 23.1 Å². The van der Waals surface area contributed by atoms with Gasteiger partial charge in [-0.3, -0.25) is 14.4 Å². The number of amides is 2. The Balaban J connectivity index is 1.50. The van der Waals surface area contributed by atoms with Gasteiger partial charge in [-0.2, -0.15) is 0 Å². The average molecular weight is 398 g/mol. The van der Waals surface area contributed by atoms with Crippen LogP contribution < -0.4 is 10.2 Å². The van der Waals surface area contributed by atoms with Gasteiger partial charge in [0.25, 0.3) is 5.91 Å². The topological polar surface area (TPSA) is 110 Å². The van der Waals surface area contributed by atoms with Gasteiger partial charge in [0.2, 0.25) is 5.91 Å². The van der Waals surface area contributed by atoms with Gasteiger partial charge in [-0.05, 0) is 18.6 Å². The molecule has 0 spiro atoms. The third kappa shape index (κ3) is 4.62. The molecule has 1 aromatic rings. The third-order valence-electron chi connectivity index (χ3n) is 4.54. The number of anilines is 1. The van der Waals surface area contributed by atoms with E-state index in [1.807, 2.05) is 0 Å². The van der Waals surface area contributed by atoms with Crippen molar-refractivity contribution < 1.29 is 31.9 Å². The summed E-state index contributed by atoms with van der Waals surface area (Å²) in [4.78, 5) is 37.2. The first-order valence-corrected chi connectivity index (χ1v) is 10.3. The predicted octanol–water partition coefficient (Wildman–Crippen LogP) is 0.0251. The number of halogens is 1. The number of carbonyl (C=O) groups excluding carboxylic acids is 3. The Morgan fingerprint density at radius 1 is 1.30 bits per heavy atom. The maximum absolute atomic E-state index is 13.8. The highest BCUT2D eigenvalue weighted by Gasteiger charge is 2.37. The number of sulfone groups is 1. The first-order valence-electron chi connectivity index (χ1n) is 8.46. The summed E-state index contributed by atoms with van der Waals surface area (Å²) in [6.07, 6.45) is 0.201. The van der Waals surface area contributed by atoms with Gasteiger partial charge >= 0.3 is 5.97 Å². The second-order valence-electron chi connectivity index (χ2n) is 6.63. The van der Waals surface area contributed by atoms with E-state index in [0.717, 1.165) is 0 Å². The van der Waals surface area contributed by atoms with E-state index in [9.17, 15) is 27.2 Å². The Kier molecular flexibility index (Phi) is 5.45. The van der Waals surface area contributed by atoms with Crippen LogP contribution in [0.15, 0.2) is 24.3 Å². The van der Waals surface area contributed by atoms with Crippen LogP contribution in [0.2, 0.25) is 0 Å². The lowest BCUT2D eigenvalue weighted by Gasteiger charge is -2.17. The van der Waals surface area contributed by atoms with Crippen LogP contribution in [0, 0.1) is 11.7 Å². The molecule has 0 unspecified atom stereocenters. The van der Waals surface area contributed by atoms with E-state index in [0.29, 0.717) is 6.42 Å². The lowest BCUT2D eigenvalue weighted by molar-refractivity contribution is -0.152. The predicted molar refractivity (Wildman–Crippen MR) is 93.0 cm³/mol. The number of benzene rings is 1. The number of hydrogen-bond donors (Lipinski definition) is 1. The number of esters is 1. The molecule has 0 radical (unpaired) electrons. The molecule has 146 valence electrons. The first kappa shape index (κ1) is 19.3. The van der Waals surface area contributed by atoms with Gasteiger partial charge in [0.15, 0.2) is 16.4 Å². The minimum absolute atomic E-state index is 0.0216. The summed E-state index contributed by atoms with van der Waals surface area (Å²) in [5, 5.41) is 2.51. The van der Waals surface area contributed by atoms with E-state index < -0.39 is 52.0 Å². The molecule has 2 amide bonds. The van der Waals surface area contributed by atoms with E-state index in [2.05, 4.69) is 5.32 Å². The molecule has 0 saturated carbocycles. The summed E-state index contributed by atoms with van der Waals surface area (Å²) in [6.45, 7) is -0.582. The molecular formula is C17H19FN2O6S. The maximum Gasteiger partial charge on any atom is 0.311 e. The molecule has 2 saturated heterocycles. The summed E-state index contributed by atoms with van der Waals surface area (Å²) in [5.74, 6) is -3.18. The summed E-state index contributed by atoms with van der Waals surface area (Å²) < 4.78 is 41.5. The SMILES string of the molecule is O=C(COC(=O)[C@@H]1CC(=O)N(c2ccccc2F)C1)N[C@@H]1CCS(=O)(=O)C1. The zero-order valence-electron chi connectivity index (χ0n) is 14.4. The minimum Gasteiger partial charge on any atom is -0.455 e. The molecule has 1 aromatic carbocycles. The fourth-order valence-corrected chi connectivity index (χ4v) is 4.87. The molecule has 2 aliphatic rings. The normalized spacial score (nSPS) is 24.0. The van der Waals surface area contributed by atoms with Gasteiger partial charge < -0.3 is 15.0 Å². The second kappa shape index (κ2) is 7.63. The van der Waals surface area contributed by atoms with Crippen molar-refractivity contribution in [2.24, 2.45) is 5.92 Å². The zero-order chi connectivity index (χ0) is 19.6. The molecule has 27 heavy (non-hydrogen) atoms. The fourth-order valence-electron chi connectivity index (χ4n) is 3.20. The van der Waals surface area contributed by atoms with Crippen LogP contribution in [-0.2, 0) is 29.0 Å². The highest BCUT2D eigenvalue weighted by molar-refractivity contribution is 7.91. The van der Waals surface area contributed by atoms with E-state index >= 15 is 0 Å². The van der Waals surface area contributed by atoms with Gasteiger partial charge in [0, 0.05) is 19.0 Å². The Bertz CT molecular complexity index is 872. The standard InChI is InChI=1S/C17H19FN2O6S/c18-13-3-1-2-4-14(13)20-8-11(7-16(20)22)17(23)26-9-15(21)19-12-5-6-27(24,25)10-12/h1-4,11-12H,5-10H2,(H,19,21)/t11-,12-/m1/s1. The van der Waals surface area contributed by atoms with Crippen LogP contribution in [0.3, 0.4) is 0 Å². The van der Waals surface area contributed by atoms with Crippen LogP contribution in [0.5, 0.6) is 0 Å². The highest BCUT2D eigenvalue weighted by Crippen LogP contribution is 2.27. The number of hydrogen-bond acceptors (Lipinski definition) is 6. The lowest BCUT2D eigenvalue weighted by atomic mass is 10.1. The first-order chi connectivity index (χ1) is 12.7. The van der Waals surface area contributed by atoms with Crippen molar-refractivity contribution in [2.75, 3.05) is 29.6 Å². The molecule has 2 aliphatic heterocycles. The molecule has 0 aromatic heterocycles. The van der Waals surface area contributed by atoms with Gasteiger partial charge in [0.1, 0.15) is 5.82 Å². The molecule has 8 nitrogen and oxygen atoms in total. The molecular weight excluding hydrogens is 379 g/mol. The van der Waals surface area contributed by atoms with Crippen molar-refractivity contribution in [3.05, 3.63) is 30.1 Å². The number of nitrogens with zero attached hydrogens (tertiary/aromatic N) is 1. The zero-order valence-corrected chi connectivity index (χ0v) is 15.2. The van der Waals surface area contributed by atoms with Gasteiger partial charge in [-0.1, -0.05) is 12.1 Å². The second-order valence-corrected chi connectivity index (χ2v) is 8.86. The molecule has 2 fully saturated rings.